The van der Waals surface area contributed by atoms with E-state index in [1.165, 1.54) is 35.1 Å². The number of aryl methyl sites for hydroxylation is 3. The molecule has 9 heteroatoms. The number of rotatable bonds is 6. The molecule has 0 saturated heterocycles. The van der Waals surface area contributed by atoms with E-state index in [2.05, 4.69) is 10.3 Å². The molecule has 4 rings (SSSR count). The van der Waals surface area contributed by atoms with Gasteiger partial charge in [-0.15, -0.1) is 11.3 Å². The third-order valence-corrected chi connectivity index (χ3v) is 7.79. The minimum atomic E-state index is -0.519. The van der Waals surface area contributed by atoms with Gasteiger partial charge in [-0.25, -0.2) is 4.99 Å². The molecule has 1 atom stereocenters. The van der Waals surface area contributed by atoms with Crippen molar-refractivity contribution in [1.29, 1.82) is 0 Å². The number of thioether (sulfide) groups is 1. The van der Waals surface area contributed by atoms with Crippen LogP contribution in [0.25, 0.3) is 6.08 Å². The molecule has 0 spiro atoms. The van der Waals surface area contributed by atoms with Crippen LogP contribution in [0.15, 0.2) is 58.5 Å². The Morgan fingerprint density at radius 1 is 1.19 bits per heavy atom. The molecule has 2 heterocycles. The average Bonchev–Trinajstić information content (AvgIpc) is 3.44. The van der Waals surface area contributed by atoms with Crippen LogP contribution in [-0.4, -0.2) is 29.3 Å². The number of anilines is 2. The van der Waals surface area contributed by atoms with Gasteiger partial charge in [0.05, 0.1) is 23.1 Å². The summed E-state index contributed by atoms with van der Waals surface area (Å²) in [6, 6.07) is 13.0. The lowest BCUT2D eigenvalue weighted by Crippen LogP contribution is -2.33. The van der Waals surface area contributed by atoms with E-state index in [4.69, 9.17) is 16.3 Å². The van der Waals surface area contributed by atoms with Gasteiger partial charge >= 0.3 is 0 Å². The highest BCUT2D eigenvalue weighted by Gasteiger charge is 2.34. The fourth-order valence-corrected chi connectivity index (χ4v) is 5.75. The van der Waals surface area contributed by atoms with Gasteiger partial charge < -0.3 is 10.1 Å². The number of carbonyl (C=O) groups excluding carboxylic acids is 2. The number of benzene rings is 2. The monoisotopic (exact) mass is 539 g/mol. The molecule has 2 aromatic carbocycles. The summed E-state index contributed by atoms with van der Waals surface area (Å²) in [4.78, 5) is 33.6. The summed E-state index contributed by atoms with van der Waals surface area (Å²) in [6.07, 6.45) is 1.75. The van der Waals surface area contributed by atoms with Crippen molar-refractivity contribution in [3.8, 4) is 5.75 Å². The maximum atomic E-state index is 13.4. The number of carbonyl (C=O) groups is 2. The van der Waals surface area contributed by atoms with Gasteiger partial charge in [-0.1, -0.05) is 47.1 Å². The highest BCUT2D eigenvalue weighted by Crippen LogP contribution is 2.36. The first-order chi connectivity index (χ1) is 17.2. The molecule has 1 aliphatic rings. The van der Waals surface area contributed by atoms with Crippen LogP contribution in [-0.2, 0) is 9.59 Å². The van der Waals surface area contributed by atoms with Crippen LogP contribution in [0.2, 0.25) is 5.02 Å². The lowest BCUT2D eigenvalue weighted by Gasteiger charge is -2.21. The van der Waals surface area contributed by atoms with E-state index in [9.17, 15) is 9.59 Å². The van der Waals surface area contributed by atoms with E-state index in [0.29, 0.717) is 27.3 Å². The topological polar surface area (TPSA) is 71.0 Å². The molecule has 1 aliphatic heterocycles. The molecule has 36 heavy (non-hydrogen) atoms. The second-order valence-corrected chi connectivity index (χ2v) is 11.1. The lowest BCUT2D eigenvalue weighted by molar-refractivity contribution is -0.115. The van der Waals surface area contributed by atoms with Crippen molar-refractivity contribution < 1.29 is 14.3 Å². The van der Waals surface area contributed by atoms with Crippen LogP contribution in [0.4, 0.5) is 11.4 Å². The predicted molar refractivity (Wildman–Crippen MR) is 152 cm³/mol. The predicted octanol–water partition coefficient (Wildman–Crippen LogP) is 6.84. The number of amides is 2. The molecule has 1 aromatic heterocycles. The number of hydrogen-bond acceptors (Lipinski definition) is 6. The van der Waals surface area contributed by atoms with Gasteiger partial charge in [-0.3, -0.25) is 14.5 Å². The zero-order chi connectivity index (χ0) is 26.0. The average molecular weight is 540 g/mol. The number of halogens is 1. The van der Waals surface area contributed by atoms with E-state index < -0.39 is 5.25 Å². The molecule has 2 amide bonds. The first-order valence-corrected chi connectivity index (χ1v) is 13.4. The Bertz CT molecular complexity index is 1360. The highest BCUT2D eigenvalue weighted by atomic mass is 35.5. The molecule has 1 N–H and O–H groups in total. The summed E-state index contributed by atoms with van der Waals surface area (Å²) in [5.41, 5.74) is 4.79. The third-order valence-electron chi connectivity index (χ3n) is 5.62. The van der Waals surface area contributed by atoms with Crippen LogP contribution in [0.3, 0.4) is 0 Å². The Morgan fingerprint density at radius 2 is 1.92 bits per heavy atom. The van der Waals surface area contributed by atoms with E-state index in [1.807, 2.05) is 50.4 Å². The number of ether oxygens (including phenoxy) is 1. The molecule has 0 bridgehead atoms. The summed E-state index contributed by atoms with van der Waals surface area (Å²) >= 11 is 9.09. The van der Waals surface area contributed by atoms with E-state index >= 15 is 0 Å². The van der Waals surface area contributed by atoms with Crippen molar-refractivity contribution in [1.82, 2.24) is 0 Å². The zero-order valence-electron chi connectivity index (χ0n) is 20.6. The Hall–Kier alpha value is -3.07. The van der Waals surface area contributed by atoms with Crippen molar-refractivity contribution in [3.05, 3.63) is 80.1 Å². The molecule has 6 nitrogen and oxygen atoms in total. The first kappa shape index (κ1) is 26.0. The van der Waals surface area contributed by atoms with Gasteiger partial charge in [-0.05, 0) is 74.5 Å². The number of thiophene rings is 1. The number of aliphatic imine (C=N–C) groups is 1. The molecular weight excluding hydrogens is 514 g/mol. The highest BCUT2D eigenvalue weighted by molar-refractivity contribution is 8.15. The fraction of sp³-hybridized carbons (Fsp3) is 0.222. The second kappa shape index (κ2) is 10.9. The SMILES string of the molecule is COc1ccc(N2C(=O)/C(=C\c3cccs3)N=C2SC(C)C(=O)Nc2c(C)cc(C)cc2C)cc1Cl. The van der Waals surface area contributed by atoms with Crippen LogP contribution >= 0.6 is 34.7 Å². The smallest absolute Gasteiger partial charge is 0.283 e. The largest absolute Gasteiger partial charge is 0.495 e. The molecule has 1 unspecified atom stereocenters. The molecule has 186 valence electrons. The third kappa shape index (κ3) is 5.51. The molecular formula is C27H26ClN3O3S2. The molecule has 0 aliphatic carbocycles. The van der Waals surface area contributed by atoms with Crippen LogP contribution in [0.5, 0.6) is 5.75 Å². The number of hydrogen-bond donors (Lipinski definition) is 1. The first-order valence-electron chi connectivity index (χ1n) is 11.2. The van der Waals surface area contributed by atoms with E-state index in [0.717, 1.165) is 27.3 Å². The Balaban J connectivity index is 1.63. The van der Waals surface area contributed by atoms with Crippen molar-refractivity contribution in [2.75, 3.05) is 17.3 Å². The van der Waals surface area contributed by atoms with Crippen molar-refractivity contribution >= 4 is 69.1 Å². The minimum Gasteiger partial charge on any atom is -0.495 e. The van der Waals surface area contributed by atoms with Gasteiger partial charge in [0, 0.05) is 10.6 Å². The van der Waals surface area contributed by atoms with Crippen molar-refractivity contribution in [3.63, 3.8) is 0 Å². The van der Waals surface area contributed by atoms with Crippen LogP contribution < -0.4 is 15.0 Å². The maximum absolute atomic E-state index is 13.4. The molecule has 0 saturated carbocycles. The summed E-state index contributed by atoms with van der Waals surface area (Å²) < 4.78 is 5.25. The Morgan fingerprint density at radius 3 is 2.53 bits per heavy atom. The summed E-state index contributed by atoms with van der Waals surface area (Å²) in [5, 5.41) is 5.25. The standard InChI is InChI=1S/C27H26ClN3O3S2/c1-15-11-16(2)24(17(3)12-15)30-25(32)18(4)36-27-29-22(14-20-7-6-10-35-20)26(33)31(27)19-8-9-23(34-5)21(28)13-19/h6-14,18H,1-5H3,(H,30,32)/b22-14+. The quantitative estimate of drug-likeness (QED) is 0.348. The van der Waals surface area contributed by atoms with E-state index in [-0.39, 0.29) is 11.8 Å². The lowest BCUT2D eigenvalue weighted by atomic mass is 10.1. The Kier molecular flexibility index (Phi) is 7.88. The summed E-state index contributed by atoms with van der Waals surface area (Å²) in [6.45, 7) is 7.78. The van der Waals surface area contributed by atoms with Gasteiger partial charge in [-0.2, -0.15) is 0 Å². The van der Waals surface area contributed by atoms with E-state index in [1.54, 1.807) is 31.2 Å². The zero-order valence-corrected chi connectivity index (χ0v) is 23.0. The maximum Gasteiger partial charge on any atom is 0.283 e. The van der Waals surface area contributed by atoms with Crippen molar-refractivity contribution in [2.45, 2.75) is 32.9 Å². The van der Waals surface area contributed by atoms with Crippen LogP contribution in [0, 0.1) is 20.8 Å². The summed E-state index contributed by atoms with van der Waals surface area (Å²) in [7, 11) is 1.53. The normalized spacial score (nSPS) is 15.3. The second-order valence-electron chi connectivity index (χ2n) is 8.42. The van der Waals surface area contributed by atoms with Crippen LogP contribution in [0.1, 0.15) is 28.5 Å². The Labute approximate surface area is 224 Å². The van der Waals surface area contributed by atoms with Gasteiger partial charge in [0.25, 0.3) is 5.91 Å². The minimum absolute atomic E-state index is 0.173. The number of nitrogens with one attached hydrogen (secondary N) is 1. The summed E-state index contributed by atoms with van der Waals surface area (Å²) in [5.74, 6) is 0.0442. The van der Waals surface area contributed by atoms with Gasteiger partial charge in [0.15, 0.2) is 5.17 Å². The molecule has 0 radical (unpaired) electrons. The fourth-order valence-electron chi connectivity index (χ4n) is 3.92. The van der Waals surface area contributed by atoms with Gasteiger partial charge in [0.2, 0.25) is 5.91 Å². The molecule has 3 aromatic rings. The number of nitrogens with zero attached hydrogens (tertiary/aromatic N) is 2. The number of methoxy groups -OCH3 is 1. The number of amidine groups is 1. The van der Waals surface area contributed by atoms with Gasteiger partial charge in [0.1, 0.15) is 11.4 Å². The molecule has 0 fully saturated rings. The van der Waals surface area contributed by atoms with Crippen molar-refractivity contribution in [2.24, 2.45) is 4.99 Å².